The molecule has 1 unspecified atom stereocenters. The molecule has 194 valence electrons. The predicted molar refractivity (Wildman–Crippen MR) is 128 cm³/mol. The lowest BCUT2D eigenvalue weighted by Crippen LogP contribution is -3.00. The Labute approximate surface area is 214 Å². The molecule has 0 bridgehead atoms. The molecule has 0 spiro atoms. The molecule has 0 aliphatic rings. The summed E-state index contributed by atoms with van der Waals surface area (Å²) in [5.74, 6) is 1.90. The van der Waals surface area contributed by atoms with E-state index in [1.165, 1.54) is 33.8 Å². The van der Waals surface area contributed by atoms with Gasteiger partial charge in [-0.2, -0.15) is 0 Å². The molecular formula is C24H29ClN4O7. The number of nitrogens with one attached hydrogen (secondary N) is 1. The van der Waals surface area contributed by atoms with Gasteiger partial charge in [-0.1, -0.05) is 18.1 Å². The average Bonchev–Trinajstić information content (AvgIpc) is 3.36. The molecule has 0 aliphatic heterocycles. The van der Waals surface area contributed by atoms with Gasteiger partial charge >= 0.3 is 6.03 Å². The Hall–Kier alpha value is -3.96. The SMILES string of the molecule is CCC([NH2+]C(N)=O)C(=O)Nc1cc(-c2cnoc2-c2cc(OC)c(OC)c(OC)c2)ccc1OC.[Cl-]. The number of quaternary nitrogens is 1. The van der Waals surface area contributed by atoms with E-state index in [-0.39, 0.29) is 18.3 Å². The summed E-state index contributed by atoms with van der Waals surface area (Å²) in [5, 5.41) is 7.98. The van der Waals surface area contributed by atoms with E-state index >= 15 is 0 Å². The van der Waals surface area contributed by atoms with Crippen molar-refractivity contribution in [3.05, 3.63) is 36.5 Å². The number of nitrogens with zero attached hydrogens (tertiary/aromatic N) is 1. The van der Waals surface area contributed by atoms with Crippen LogP contribution in [0.3, 0.4) is 0 Å². The number of rotatable bonds is 10. The van der Waals surface area contributed by atoms with Crippen LogP contribution < -0.4 is 47.7 Å². The molecule has 0 saturated heterocycles. The van der Waals surface area contributed by atoms with Gasteiger partial charge in [-0.15, -0.1) is 0 Å². The number of urea groups is 1. The second-order valence-electron chi connectivity index (χ2n) is 7.47. The number of carbonyl (C=O) groups excluding carboxylic acids is 2. The summed E-state index contributed by atoms with van der Waals surface area (Å²) < 4.78 is 27.3. The van der Waals surface area contributed by atoms with Crippen LogP contribution in [-0.4, -0.2) is 51.6 Å². The second-order valence-corrected chi connectivity index (χ2v) is 7.47. The molecule has 11 nitrogen and oxygen atoms in total. The molecule has 5 N–H and O–H groups in total. The largest absolute Gasteiger partial charge is 1.00 e. The molecule has 3 rings (SSSR count). The minimum absolute atomic E-state index is 0. The standard InChI is InChI=1S/C24H28N4O7.ClH/c1-6-16(28-24(25)30)23(29)27-17-9-13(7-8-18(17)31-2)15-12-26-35-21(15)14-10-19(32-3)22(34-5)20(11-14)33-4;/h7-12,16H,6H2,1-5H3,(H,27,29)(H3,25,28,30);1H. The Morgan fingerprint density at radius 1 is 1.00 bits per heavy atom. The monoisotopic (exact) mass is 520 g/mol. The highest BCUT2D eigenvalue weighted by molar-refractivity contribution is 5.96. The minimum Gasteiger partial charge on any atom is -1.00 e. The summed E-state index contributed by atoms with van der Waals surface area (Å²) in [4.78, 5) is 24.0. The first kappa shape index (κ1) is 28.3. The third kappa shape index (κ3) is 5.99. The highest BCUT2D eigenvalue weighted by Crippen LogP contribution is 2.44. The van der Waals surface area contributed by atoms with E-state index in [4.69, 9.17) is 29.2 Å². The van der Waals surface area contributed by atoms with Gasteiger partial charge in [0.15, 0.2) is 23.3 Å². The van der Waals surface area contributed by atoms with E-state index in [1.54, 1.807) is 37.4 Å². The quantitative estimate of drug-likeness (QED) is 0.321. The van der Waals surface area contributed by atoms with E-state index < -0.39 is 12.1 Å². The molecule has 0 aliphatic carbocycles. The third-order valence-corrected chi connectivity index (χ3v) is 5.41. The molecule has 3 amide bonds. The molecule has 0 saturated carbocycles. The summed E-state index contributed by atoms with van der Waals surface area (Å²) in [6.45, 7) is 1.79. The molecule has 1 atom stereocenters. The van der Waals surface area contributed by atoms with Gasteiger partial charge in [0.05, 0.1) is 40.3 Å². The van der Waals surface area contributed by atoms with Crippen molar-refractivity contribution < 1.29 is 50.8 Å². The second kappa shape index (κ2) is 12.7. The predicted octanol–water partition coefficient (Wildman–Crippen LogP) is -0.594. The van der Waals surface area contributed by atoms with Crippen molar-refractivity contribution >= 4 is 17.6 Å². The van der Waals surface area contributed by atoms with Crippen molar-refractivity contribution in [2.75, 3.05) is 33.8 Å². The number of benzene rings is 2. The number of hydrogen-bond acceptors (Lipinski definition) is 8. The number of aromatic nitrogens is 1. The number of amides is 3. The van der Waals surface area contributed by atoms with Gasteiger partial charge in [-0.25, -0.2) is 4.79 Å². The number of nitrogens with two attached hydrogens (primary N) is 2. The lowest BCUT2D eigenvalue weighted by atomic mass is 10.0. The maximum Gasteiger partial charge on any atom is 0.411 e. The summed E-state index contributed by atoms with van der Waals surface area (Å²) in [6, 6.07) is 7.44. The summed E-state index contributed by atoms with van der Waals surface area (Å²) in [5.41, 5.74) is 7.67. The molecule has 0 fully saturated rings. The Kier molecular flexibility index (Phi) is 9.94. The van der Waals surface area contributed by atoms with Gasteiger partial charge < -0.3 is 46.9 Å². The van der Waals surface area contributed by atoms with Gasteiger partial charge in [0, 0.05) is 17.5 Å². The van der Waals surface area contributed by atoms with E-state index in [1.807, 2.05) is 6.07 Å². The molecule has 3 aromatic rings. The van der Waals surface area contributed by atoms with Crippen LogP contribution in [0.25, 0.3) is 22.5 Å². The first-order chi connectivity index (χ1) is 16.9. The van der Waals surface area contributed by atoms with Crippen LogP contribution in [0.4, 0.5) is 10.5 Å². The maximum atomic E-state index is 12.8. The number of primary amides is 2. The molecule has 0 radical (unpaired) electrons. The summed E-state index contributed by atoms with van der Waals surface area (Å²) >= 11 is 0. The van der Waals surface area contributed by atoms with Crippen molar-refractivity contribution in [3.63, 3.8) is 0 Å². The van der Waals surface area contributed by atoms with Crippen LogP contribution in [0.5, 0.6) is 23.0 Å². The fraction of sp³-hybridized carbons (Fsp3) is 0.292. The fourth-order valence-electron chi connectivity index (χ4n) is 3.64. The van der Waals surface area contributed by atoms with Crippen molar-refractivity contribution in [3.8, 4) is 45.4 Å². The zero-order chi connectivity index (χ0) is 25.5. The zero-order valence-corrected chi connectivity index (χ0v) is 21.3. The molecule has 1 aromatic heterocycles. The Morgan fingerprint density at radius 3 is 2.17 bits per heavy atom. The highest BCUT2D eigenvalue weighted by atomic mass is 35.5. The van der Waals surface area contributed by atoms with Gasteiger partial charge in [-0.3, -0.25) is 10.1 Å². The van der Waals surface area contributed by atoms with Crippen LogP contribution in [0.1, 0.15) is 13.3 Å². The number of carbonyl (C=O) groups is 2. The Balaban J connectivity index is 0.00000456. The zero-order valence-electron chi connectivity index (χ0n) is 20.6. The Bertz CT molecular complexity index is 1190. The fourth-order valence-corrected chi connectivity index (χ4v) is 3.64. The van der Waals surface area contributed by atoms with Gasteiger partial charge in [0.1, 0.15) is 5.75 Å². The molecule has 1 heterocycles. The van der Waals surface area contributed by atoms with Crippen LogP contribution >= 0.6 is 0 Å². The first-order valence-electron chi connectivity index (χ1n) is 10.7. The highest BCUT2D eigenvalue weighted by Gasteiger charge is 2.24. The van der Waals surface area contributed by atoms with Crippen LogP contribution in [-0.2, 0) is 4.79 Å². The van der Waals surface area contributed by atoms with Crippen molar-refractivity contribution in [1.29, 1.82) is 0 Å². The van der Waals surface area contributed by atoms with Gasteiger partial charge in [0.2, 0.25) is 5.75 Å². The van der Waals surface area contributed by atoms with E-state index in [9.17, 15) is 9.59 Å². The topological polar surface area (TPSA) is 152 Å². The summed E-state index contributed by atoms with van der Waals surface area (Å²) in [6.07, 6.45) is 1.98. The lowest BCUT2D eigenvalue weighted by molar-refractivity contribution is -0.579. The molecule has 12 heteroatoms. The molecule has 36 heavy (non-hydrogen) atoms. The normalized spacial score (nSPS) is 11.1. The average molecular weight is 521 g/mol. The third-order valence-electron chi connectivity index (χ3n) is 5.41. The first-order valence-corrected chi connectivity index (χ1v) is 10.7. The Morgan fingerprint density at radius 2 is 1.64 bits per heavy atom. The van der Waals surface area contributed by atoms with Crippen LogP contribution in [0.2, 0.25) is 0 Å². The summed E-state index contributed by atoms with van der Waals surface area (Å²) in [7, 11) is 6.08. The van der Waals surface area contributed by atoms with E-state index in [2.05, 4.69) is 10.5 Å². The lowest BCUT2D eigenvalue weighted by Gasteiger charge is -2.15. The number of halogens is 1. The van der Waals surface area contributed by atoms with Crippen molar-refractivity contribution in [1.82, 2.24) is 5.16 Å². The minimum atomic E-state index is -0.675. The number of ether oxygens (including phenoxy) is 4. The van der Waals surface area contributed by atoms with Crippen molar-refractivity contribution in [2.24, 2.45) is 5.73 Å². The number of anilines is 1. The van der Waals surface area contributed by atoms with Crippen molar-refractivity contribution in [2.45, 2.75) is 19.4 Å². The molecule has 2 aromatic carbocycles. The van der Waals surface area contributed by atoms with Gasteiger partial charge in [0.25, 0.3) is 5.91 Å². The van der Waals surface area contributed by atoms with E-state index in [0.29, 0.717) is 57.6 Å². The van der Waals surface area contributed by atoms with Crippen LogP contribution in [0.15, 0.2) is 41.1 Å². The van der Waals surface area contributed by atoms with E-state index in [0.717, 1.165) is 0 Å². The van der Waals surface area contributed by atoms with Crippen LogP contribution in [0, 0.1) is 0 Å². The maximum absolute atomic E-state index is 12.8. The number of hydrogen-bond donors (Lipinski definition) is 3. The number of methoxy groups -OCH3 is 4. The van der Waals surface area contributed by atoms with Gasteiger partial charge in [-0.05, 0) is 29.8 Å². The molecular weight excluding hydrogens is 492 g/mol. The smallest absolute Gasteiger partial charge is 0.411 e.